The average Bonchev–Trinajstić information content (AvgIpc) is 3.48. The smallest absolute Gasteiger partial charge is 0.360 e. The number of methoxy groups -OCH3 is 1. The van der Waals surface area contributed by atoms with E-state index in [2.05, 4.69) is 19.9 Å². The number of carbonyl (C=O) groups is 1. The van der Waals surface area contributed by atoms with Crippen LogP contribution in [0.25, 0.3) is 39.5 Å². The van der Waals surface area contributed by atoms with Gasteiger partial charge in [0.25, 0.3) is 0 Å². The minimum absolute atomic E-state index is 0.0555. The number of nitrogens with two attached hydrogens (primary N) is 1. The lowest BCUT2D eigenvalue weighted by Gasteiger charge is -2.12. The second kappa shape index (κ2) is 7.38. The zero-order valence-electron chi connectivity index (χ0n) is 16.4. The van der Waals surface area contributed by atoms with Crippen molar-refractivity contribution in [3.05, 3.63) is 72.8 Å². The molecule has 2 N–H and O–H groups in total. The molecule has 4 aromatic heterocycles. The molecule has 0 radical (unpaired) electrons. The lowest BCUT2D eigenvalue weighted by molar-refractivity contribution is 0.0589. The van der Waals surface area contributed by atoms with Gasteiger partial charge in [-0.05, 0) is 17.7 Å². The molecule has 0 aliphatic carbocycles. The van der Waals surface area contributed by atoms with Gasteiger partial charge in [-0.3, -0.25) is 9.38 Å². The number of aromatic nitrogens is 5. The number of rotatable bonds is 4. The Labute approximate surface area is 176 Å². The molecule has 31 heavy (non-hydrogen) atoms. The number of ether oxygens (including phenoxy) is 1. The van der Waals surface area contributed by atoms with E-state index in [4.69, 9.17) is 15.2 Å². The molecule has 0 saturated carbocycles. The lowest BCUT2D eigenvalue weighted by Crippen LogP contribution is -2.04. The number of esters is 1. The SMILES string of the molecule is COC(=O)c1cc(-c2cn3c(N)nc(-c4ccccc4)c(-c4ccncc4)c3n2)on1. The van der Waals surface area contributed by atoms with E-state index in [0.717, 1.165) is 16.7 Å². The molecule has 152 valence electrons. The number of benzene rings is 1. The first kappa shape index (κ1) is 18.5. The van der Waals surface area contributed by atoms with Crippen molar-refractivity contribution >= 4 is 17.6 Å². The van der Waals surface area contributed by atoms with Gasteiger partial charge in [-0.15, -0.1) is 0 Å². The number of pyridine rings is 1. The Morgan fingerprint density at radius 1 is 1.06 bits per heavy atom. The van der Waals surface area contributed by atoms with Crippen LogP contribution in [-0.2, 0) is 4.74 Å². The van der Waals surface area contributed by atoms with Crippen LogP contribution in [0.4, 0.5) is 5.95 Å². The normalized spacial score (nSPS) is 11.0. The number of hydrogen-bond acceptors (Lipinski definition) is 8. The first-order valence-electron chi connectivity index (χ1n) is 9.35. The van der Waals surface area contributed by atoms with Gasteiger partial charge in [0.15, 0.2) is 17.1 Å². The third kappa shape index (κ3) is 3.18. The summed E-state index contributed by atoms with van der Waals surface area (Å²) in [6, 6.07) is 15.0. The Morgan fingerprint density at radius 3 is 2.58 bits per heavy atom. The number of hydrogen-bond donors (Lipinski definition) is 1. The van der Waals surface area contributed by atoms with E-state index in [9.17, 15) is 4.79 Å². The van der Waals surface area contributed by atoms with Crippen LogP contribution in [-0.4, -0.2) is 37.6 Å². The van der Waals surface area contributed by atoms with E-state index in [0.29, 0.717) is 22.8 Å². The Morgan fingerprint density at radius 2 is 1.84 bits per heavy atom. The number of fused-ring (bicyclic) bond motifs is 1. The maximum atomic E-state index is 11.7. The molecule has 0 unspecified atom stereocenters. The predicted octanol–water partition coefficient (Wildman–Crippen LogP) is 3.48. The van der Waals surface area contributed by atoms with E-state index >= 15 is 0 Å². The standard InChI is InChI=1S/C22H16N6O3/c1-30-21(29)15-11-17(31-27-15)16-12-28-20(25-16)18(13-7-9-24-10-8-13)19(26-22(28)23)14-5-3-2-4-6-14/h2-12H,1H3,(H2,23,26). The summed E-state index contributed by atoms with van der Waals surface area (Å²) in [6.07, 6.45) is 5.11. The molecule has 5 rings (SSSR count). The van der Waals surface area contributed by atoms with Gasteiger partial charge in [0.05, 0.1) is 18.4 Å². The monoisotopic (exact) mass is 412 g/mol. The highest BCUT2D eigenvalue weighted by Gasteiger charge is 2.21. The summed E-state index contributed by atoms with van der Waals surface area (Å²) in [7, 11) is 1.28. The summed E-state index contributed by atoms with van der Waals surface area (Å²) >= 11 is 0. The van der Waals surface area contributed by atoms with E-state index in [-0.39, 0.29) is 11.6 Å². The fourth-order valence-electron chi connectivity index (χ4n) is 3.37. The molecule has 9 heteroatoms. The molecule has 0 atom stereocenters. The van der Waals surface area contributed by atoms with Crippen molar-refractivity contribution < 1.29 is 14.1 Å². The maximum Gasteiger partial charge on any atom is 0.360 e. The van der Waals surface area contributed by atoms with Crippen LogP contribution >= 0.6 is 0 Å². The van der Waals surface area contributed by atoms with Gasteiger partial charge in [-0.25, -0.2) is 14.8 Å². The molecule has 0 fully saturated rings. The summed E-state index contributed by atoms with van der Waals surface area (Å²) in [6.45, 7) is 0. The van der Waals surface area contributed by atoms with Crippen LogP contribution in [0.2, 0.25) is 0 Å². The molecule has 5 aromatic rings. The summed E-state index contributed by atoms with van der Waals surface area (Å²) in [5.74, 6) is -0.0210. The summed E-state index contributed by atoms with van der Waals surface area (Å²) in [5.41, 5.74) is 10.7. The molecule has 0 aliphatic heterocycles. The van der Waals surface area contributed by atoms with Crippen molar-refractivity contribution in [2.24, 2.45) is 0 Å². The number of anilines is 1. The zero-order chi connectivity index (χ0) is 21.4. The molecular weight excluding hydrogens is 396 g/mol. The van der Waals surface area contributed by atoms with Gasteiger partial charge >= 0.3 is 5.97 Å². The van der Waals surface area contributed by atoms with Crippen LogP contribution < -0.4 is 5.73 Å². The van der Waals surface area contributed by atoms with E-state index in [1.807, 2.05) is 42.5 Å². The number of nitrogens with zero attached hydrogens (tertiary/aromatic N) is 5. The summed E-state index contributed by atoms with van der Waals surface area (Å²) in [5, 5.41) is 3.75. The van der Waals surface area contributed by atoms with Gasteiger partial charge in [0, 0.05) is 30.2 Å². The Bertz CT molecular complexity index is 1390. The molecule has 0 aliphatic rings. The van der Waals surface area contributed by atoms with Crippen molar-refractivity contribution in [1.29, 1.82) is 0 Å². The van der Waals surface area contributed by atoms with Crippen molar-refractivity contribution in [2.75, 3.05) is 12.8 Å². The fourth-order valence-corrected chi connectivity index (χ4v) is 3.37. The zero-order valence-corrected chi connectivity index (χ0v) is 16.4. The quantitative estimate of drug-likeness (QED) is 0.445. The predicted molar refractivity (Wildman–Crippen MR) is 113 cm³/mol. The van der Waals surface area contributed by atoms with Crippen molar-refractivity contribution in [1.82, 2.24) is 24.5 Å². The van der Waals surface area contributed by atoms with E-state index in [1.54, 1.807) is 23.0 Å². The molecule has 0 amide bonds. The van der Waals surface area contributed by atoms with Crippen molar-refractivity contribution in [3.8, 4) is 33.8 Å². The Balaban J connectivity index is 1.77. The van der Waals surface area contributed by atoms with Crippen LogP contribution in [0.15, 0.2) is 71.6 Å². The van der Waals surface area contributed by atoms with Gasteiger partial charge in [-0.1, -0.05) is 35.5 Å². The van der Waals surface area contributed by atoms with Crippen LogP contribution in [0, 0.1) is 0 Å². The molecule has 0 spiro atoms. The molecule has 1 aromatic carbocycles. The molecule has 0 saturated heterocycles. The Kier molecular flexibility index (Phi) is 4.40. The minimum atomic E-state index is -0.594. The number of carbonyl (C=O) groups excluding carboxylic acids is 1. The van der Waals surface area contributed by atoms with Crippen molar-refractivity contribution in [2.45, 2.75) is 0 Å². The van der Waals surface area contributed by atoms with Gasteiger partial charge < -0.3 is 15.0 Å². The lowest BCUT2D eigenvalue weighted by atomic mass is 10.0. The second-order valence-electron chi connectivity index (χ2n) is 6.68. The van der Waals surface area contributed by atoms with Crippen LogP contribution in [0.3, 0.4) is 0 Å². The molecule has 9 nitrogen and oxygen atoms in total. The maximum absolute atomic E-state index is 11.7. The number of imidazole rings is 1. The highest BCUT2D eigenvalue weighted by Crippen LogP contribution is 2.36. The van der Waals surface area contributed by atoms with E-state index in [1.165, 1.54) is 13.2 Å². The van der Waals surface area contributed by atoms with Crippen LogP contribution in [0.1, 0.15) is 10.5 Å². The highest BCUT2D eigenvalue weighted by atomic mass is 16.5. The largest absolute Gasteiger partial charge is 0.464 e. The average molecular weight is 412 g/mol. The summed E-state index contributed by atoms with van der Waals surface area (Å²) in [4.78, 5) is 25.2. The van der Waals surface area contributed by atoms with Gasteiger partial charge in [-0.2, -0.15) is 0 Å². The van der Waals surface area contributed by atoms with Crippen LogP contribution in [0.5, 0.6) is 0 Å². The third-order valence-electron chi connectivity index (χ3n) is 4.81. The summed E-state index contributed by atoms with van der Waals surface area (Å²) < 4.78 is 11.7. The third-order valence-corrected chi connectivity index (χ3v) is 4.81. The van der Waals surface area contributed by atoms with Gasteiger partial charge in [0.1, 0.15) is 5.69 Å². The fraction of sp³-hybridized carbons (Fsp3) is 0.0455. The number of nitrogen functional groups attached to an aromatic ring is 1. The van der Waals surface area contributed by atoms with E-state index < -0.39 is 5.97 Å². The highest BCUT2D eigenvalue weighted by molar-refractivity contribution is 5.92. The molecule has 0 bridgehead atoms. The van der Waals surface area contributed by atoms with Gasteiger partial charge in [0.2, 0.25) is 5.95 Å². The second-order valence-corrected chi connectivity index (χ2v) is 6.68. The minimum Gasteiger partial charge on any atom is -0.464 e. The first-order valence-corrected chi connectivity index (χ1v) is 9.35. The molecular formula is C22H16N6O3. The van der Waals surface area contributed by atoms with Crippen molar-refractivity contribution in [3.63, 3.8) is 0 Å². The Hall–Kier alpha value is -4.53. The topological polar surface area (TPSA) is 121 Å². The first-order chi connectivity index (χ1) is 15.2. The molecule has 4 heterocycles.